The molecule has 2 amide bonds. The highest BCUT2D eigenvalue weighted by atomic mass is 19.4. The van der Waals surface area contributed by atoms with Gasteiger partial charge in [0.25, 0.3) is 0 Å². The average Bonchev–Trinajstić information content (AvgIpc) is 2.47. The maximum atomic E-state index is 12.4. The van der Waals surface area contributed by atoms with Crippen LogP contribution >= 0.6 is 0 Å². The molecule has 2 N–H and O–H groups in total. The van der Waals surface area contributed by atoms with Crippen molar-refractivity contribution in [3.05, 3.63) is 41.5 Å². The van der Waals surface area contributed by atoms with Crippen molar-refractivity contribution in [2.45, 2.75) is 12.3 Å². The highest BCUT2D eigenvalue weighted by Gasteiger charge is 2.30. The number of alkyl halides is 3. The molecule has 0 aliphatic carbocycles. The highest BCUT2D eigenvalue weighted by molar-refractivity contribution is 5.94. The molecule has 0 spiro atoms. The molecule has 8 heteroatoms. The van der Waals surface area contributed by atoms with Crippen molar-refractivity contribution in [3.8, 4) is 0 Å². The van der Waals surface area contributed by atoms with Crippen LogP contribution in [0.3, 0.4) is 0 Å². The fraction of sp³-hybridized carbons (Fsp3) is 0.333. The lowest BCUT2D eigenvalue weighted by Gasteiger charge is -2.35. The van der Waals surface area contributed by atoms with Gasteiger partial charge >= 0.3 is 6.18 Å². The summed E-state index contributed by atoms with van der Waals surface area (Å²) >= 11 is 0. The molecule has 2 rings (SSSR count). The maximum Gasteiger partial charge on any atom is 0.416 e. The van der Waals surface area contributed by atoms with Gasteiger partial charge in [-0.25, -0.2) is 0 Å². The van der Waals surface area contributed by atoms with Crippen LogP contribution in [-0.2, 0) is 15.8 Å². The largest absolute Gasteiger partial charge is 0.416 e. The van der Waals surface area contributed by atoms with Crippen LogP contribution in [0.25, 0.3) is 6.08 Å². The lowest BCUT2D eigenvalue weighted by molar-refractivity contribution is -0.141. The lowest BCUT2D eigenvalue weighted by Crippen LogP contribution is -2.55. The van der Waals surface area contributed by atoms with Gasteiger partial charge in [-0.05, 0) is 23.8 Å². The molecule has 0 saturated carbocycles. The number of β-amino-alcohol motifs (C(OH)–C–C–N with tert-alkyl or cyclic N) is 1. The molecule has 1 fully saturated rings. The van der Waals surface area contributed by atoms with Gasteiger partial charge in [0.15, 0.2) is 0 Å². The second kappa shape index (κ2) is 6.82. The molecule has 1 aromatic rings. The Kier molecular flexibility index (Phi) is 5.05. The molecule has 124 valence electrons. The van der Waals surface area contributed by atoms with Gasteiger partial charge in [0, 0.05) is 19.2 Å². The first-order chi connectivity index (χ1) is 10.8. The van der Waals surface area contributed by atoms with E-state index in [1.165, 1.54) is 23.1 Å². The normalized spacial score (nSPS) is 15.6. The number of aliphatic hydroxyl groups is 1. The minimum absolute atomic E-state index is 0.192. The van der Waals surface area contributed by atoms with Gasteiger partial charge in [-0.1, -0.05) is 12.1 Å². The topological polar surface area (TPSA) is 69.6 Å². The zero-order chi connectivity index (χ0) is 17.0. The number of aliphatic hydroxyl groups excluding tert-OH is 1. The van der Waals surface area contributed by atoms with Crippen LogP contribution < -0.4 is 5.32 Å². The third-order valence-corrected chi connectivity index (χ3v) is 3.29. The molecule has 0 radical (unpaired) electrons. The molecular weight excluding hydrogens is 313 g/mol. The second-order valence-electron chi connectivity index (χ2n) is 5.12. The highest BCUT2D eigenvalue weighted by Crippen LogP contribution is 2.29. The van der Waals surface area contributed by atoms with E-state index >= 15 is 0 Å². The average molecular weight is 328 g/mol. The van der Waals surface area contributed by atoms with Crippen LogP contribution in [0.1, 0.15) is 11.1 Å². The number of carbonyl (C=O) groups is 2. The minimum Gasteiger partial charge on any atom is -0.389 e. The number of halogens is 3. The fourth-order valence-electron chi connectivity index (χ4n) is 1.95. The minimum atomic E-state index is -4.40. The van der Waals surface area contributed by atoms with Crippen molar-refractivity contribution in [1.29, 1.82) is 0 Å². The molecule has 1 aromatic carbocycles. The number of rotatable bonds is 4. The smallest absolute Gasteiger partial charge is 0.389 e. The second-order valence-corrected chi connectivity index (χ2v) is 5.12. The van der Waals surface area contributed by atoms with E-state index in [9.17, 15) is 22.8 Å². The van der Waals surface area contributed by atoms with E-state index in [1.54, 1.807) is 0 Å². The van der Waals surface area contributed by atoms with Crippen molar-refractivity contribution < 1.29 is 27.9 Å². The molecule has 0 atom stereocenters. The van der Waals surface area contributed by atoms with E-state index < -0.39 is 23.8 Å². The third-order valence-electron chi connectivity index (χ3n) is 3.29. The van der Waals surface area contributed by atoms with Gasteiger partial charge in [-0.3, -0.25) is 9.59 Å². The van der Waals surface area contributed by atoms with E-state index in [0.29, 0.717) is 5.56 Å². The molecule has 0 bridgehead atoms. The van der Waals surface area contributed by atoms with E-state index in [4.69, 9.17) is 5.11 Å². The number of hydrogen-bond acceptors (Lipinski definition) is 3. The van der Waals surface area contributed by atoms with Gasteiger partial charge < -0.3 is 15.3 Å². The summed E-state index contributed by atoms with van der Waals surface area (Å²) in [6, 6.07) is 4.35. The van der Waals surface area contributed by atoms with Crippen LogP contribution in [0, 0.1) is 0 Å². The summed E-state index contributed by atoms with van der Waals surface area (Å²) in [5, 5.41) is 11.4. The predicted molar refractivity (Wildman–Crippen MR) is 76.1 cm³/mol. The molecule has 1 aliphatic heterocycles. The van der Waals surface area contributed by atoms with Crippen molar-refractivity contribution in [1.82, 2.24) is 10.2 Å². The first kappa shape index (κ1) is 17.0. The Morgan fingerprint density at radius 1 is 1.26 bits per heavy atom. The van der Waals surface area contributed by atoms with Crippen molar-refractivity contribution in [2.24, 2.45) is 0 Å². The number of nitrogens with zero attached hydrogens (tertiary/aromatic N) is 1. The number of carbonyl (C=O) groups excluding carboxylic acids is 2. The summed E-state index contributed by atoms with van der Waals surface area (Å²) in [6.07, 6.45) is -2.41. The van der Waals surface area contributed by atoms with Gasteiger partial charge in [0.2, 0.25) is 11.8 Å². The van der Waals surface area contributed by atoms with Crippen molar-refractivity contribution >= 4 is 17.9 Å². The molecule has 1 heterocycles. The number of benzene rings is 1. The van der Waals surface area contributed by atoms with Crippen LogP contribution in [0.4, 0.5) is 13.2 Å². The molecule has 23 heavy (non-hydrogen) atoms. The summed E-state index contributed by atoms with van der Waals surface area (Å²) in [5.41, 5.74) is -0.327. The zero-order valence-corrected chi connectivity index (χ0v) is 12.0. The quantitative estimate of drug-likeness (QED) is 0.812. The summed E-state index contributed by atoms with van der Waals surface area (Å²) in [4.78, 5) is 24.5. The van der Waals surface area contributed by atoms with E-state index in [-0.39, 0.29) is 25.5 Å². The Balaban J connectivity index is 1.80. The van der Waals surface area contributed by atoms with Crippen molar-refractivity contribution in [2.75, 3.05) is 19.6 Å². The monoisotopic (exact) mass is 328 g/mol. The molecular formula is C15H15F3N2O3. The van der Waals surface area contributed by atoms with Gasteiger partial charge in [0.1, 0.15) is 0 Å². The summed E-state index contributed by atoms with van der Waals surface area (Å²) in [5.74, 6) is -0.828. The van der Waals surface area contributed by atoms with Crippen molar-refractivity contribution in [3.63, 3.8) is 0 Å². The van der Waals surface area contributed by atoms with E-state index in [1.807, 2.05) is 0 Å². The van der Waals surface area contributed by atoms with Crippen LogP contribution in [-0.4, -0.2) is 47.6 Å². The molecule has 5 nitrogen and oxygen atoms in total. The summed E-state index contributed by atoms with van der Waals surface area (Å²) in [7, 11) is 0. The number of amides is 2. The standard InChI is InChI=1S/C15H15F3N2O3/c16-15(17,18)11-4-1-10(2-5-11)3-6-13(22)19-7-14(23)20-8-12(21)9-20/h1-6,12,21H,7-9H2,(H,19,22)/b6-3+. The molecule has 0 aromatic heterocycles. The Bertz CT molecular complexity index is 605. The maximum absolute atomic E-state index is 12.4. The molecule has 0 unspecified atom stereocenters. The fourth-order valence-corrected chi connectivity index (χ4v) is 1.95. The van der Waals surface area contributed by atoms with Crippen LogP contribution in [0.5, 0.6) is 0 Å². The van der Waals surface area contributed by atoms with E-state index in [2.05, 4.69) is 5.32 Å². The number of hydrogen-bond donors (Lipinski definition) is 2. The summed E-state index contributed by atoms with van der Waals surface area (Å²) in [6.45, 7) is 0.328. The number of nitrogens with one attached hydrogen (secondary N) is 1. The molecule has 1 saturated heterocycles. The van der Waals surface area contributed by atoms with Gasteiger partial charge in [-0.2, -0.15) is 13.2 Å². The van der Waals surface area contributed by atoms with Gasteiger partial charge in [0.05, 0.1) is 18.2 Å². The van der Waals surface area contributed by atoms with Gasteiger partial charge in [-0.15, -0.1) is 0 Å². The first-order valence-electron chi connectivity index (χ1n) is 6.85. The molecule has 1 aliphatic rings. The summed E-state index contributed by atoms with van der Waals surface area (Å²) < 4.78 is 37.2. The SMILES string of the molecule is O=C(/C=C/c1ccc(C(F)(F)F)cc1)NCC(=O)N1CC(O)C1. The van der Waals surface area contributed by atoms with Crippen LogP contribution in [0.15, 0.2) is 30.3 Å². The zero-order valence-electron chi connectivity index (χ0n) is 12.0. The Morgan fingerprint density at radius 3 is 2.39 bits per heavy atom. The first-order valence-corrected chi connectivity index (χ1v) is 6.85. The number of likely N-dealkylation sites (tertiary alicyclic amines) is 1. The van der Waals surface area contributed by atoms with E-state index in [0.717, 1.165) is 18.2 Å². The Morgan fingerprint density at radius 2 is 1.87 bits per heavy atom. The predicted octanol–water partition coefficient (Wildman–Crippen LogP) is 1.04. The van der Waals surface area contributed by atoms with Crippen LogP contribution in [0.2, 0.25) is 0 Å². The Hall–Kier alpha value is -2.35. The lowest BCUT2D eigenvalue weighted by atomic mass is 10.1. The Labute approximate surface area is 130 Å². The third kappa shape index (κ3) is 4.82.